The largest absolute Gasteiger partial charge is 0.317 e. The molecule has 1 aromatic carbocycles. The molecule has 1 aliphatic rings. The summed E-state index contributed by atoms with van der Waals surface area (Å²) in [5.41, 5.74) is 0.628. The average molecular weight is 237 g/mol. The Bertz CT molecular complexity index is 342. The van der Waals surface area contributed by atoms with Crippen LogP contribution in [0.5, 0.6) is 0 Å². The van der Waals surface area contributed by atoms with Gasteiger partial charge < -0.3 is 5.32 Å². The fourth-order valence-corrected chi connectivity index (χ4v) is 1.93. The van der Waals surface area contributed by atoms with E-state index in [-0.39, 0.29) is 17.5 Å². The van der Waals surface area contributed by atoms with Gasteiger partial charge in [-0.15, -0.1) is 0 Å². The molecular weight excluding hydrogens is 217 g/mol. The lowest BCUT2D eigenvalue weighted by molar-refractivity contribution is 0.0895. The summed E-state index contributed by atoms with van der Waals surface area (Å²) in [6.07, 6.45) is 1.77. The summed E-state index contributed by atoms with van der Waals surface area (Å²) in [5, 5.41) is 3.22. The summed E-state index contributed by atoms with van der Waals surface area (Å²) < 4.78 is 12.7. The van der Waals surface area contributed by atoms with Crippen molar-refractivity contribution in [1.82, 2.24) is 5.32 Å². The van der Waals surface area contributed by atoms with E-state index >= 15 is 0 Å². The van der Waals surface area contributed by atoms with Gasteiger partial charge in [-0.3, -0.25) is 4.79 Å². The zero-order valence-corrected chi connectivity index (χ0v) is 10.5. The predicted octanol–water partition coefficient (Wildman–Crippen LogP) is 3.03. The van der Waals surface area contributed by atoms with E-state index in [1.54, 1.807) is 12.1 Å². The zero-order chi connectivity index (χ0) is 12.7. The molecule has 1 fully saturated rings. The summed E-state index contributed by atoms with van der Waals surface area (Å²) in [5.74, 6) is -0.0370. The molecule has 0 unspecified atom stereocenters. The average Bonchev–Trinajstić information content (AvgIpc) is 2.42. The maximum atomic E-state index is 12.7. The first kappa shape index (κ1) is 13.8. The van der Waals surface area contributed by atoms with E-state index < -0.39 is 0 Å². The summed E-state index contributed by atoms with van der Waals surface area (Å²) in [6.45, 7) is 5.80. The first-order chi connectivity index (χ1) is 8.27. The molecule has 1 aromatic rings. The Morgan fingerprint density at radius 1 is 1.18 bits per heavy atom. The lowest BCUT2D eigenvalue weighted by Crippen LogP contribution is -2.31. The number of hydrogen-bond donors (Lipinski definition) is 1. The van der Waals surface area contributed by atoms with Gasteiger partial charge in [0.05, 0.1) is 0 Å². The number of piperidine rings is 1. The van der Waals surface area contributed by atoms with Crippen molar-refractivity contribution in [2.24, 2.45) is 5.92 Å². The van der Waals surface area contributed by atoms with Crippen molar-refractivity contribution < 1.29 is 9.18 Å². The predicted molar refractivity (Wildman–Crippen MR) is 67.7 cm³/mol. The third-order valence-corrected chi connectivity index (χ3v) is 2.84. The second kappa shape index (κ2) is 7.17. The second-order valence-corrected chi connectivity index (χ2v) is 3.90. The Kier molecular flexibility index (Phi) is 5.84. The minimum absolute atomic E-state index is 0.108. The smallest absolute Gasteiger partial charge is 0.166 e. The fraction of sp³-hybridized carbons (Fsp3) is 0.500. The van der Waals surface area contributed by atoms with Crippen molar-refractivity contribution in [3.8, 4) is 0 Å². The highest BCUT2D eigenvalue weighted by atomic mass is 19.1. The molecule has 0 spiro atoms. The molecule has 1 heterocycles. The molecule has 2 rings (SSSR count). The van der Waals surface area contributed by atoms with Crippen molar-refractivity contribution in [1.29, 1.82) is 0 Å². The van der Waals surface area contributed by atoms with Gasteiger partial charge in [0.2, 0.25) is 0 Å². The molecule has 17 heavy (non-hydrogen) atoms. The summed E-state index contributed by atoms with van der Waals surface area (Å²) in [7, 11) is 0. The number of hydrogen-bond acceptors (Lipinski definition) is 2. The standard InChI is InChI=1S/C12H14FNO.C2H6/c13-11-3-1-9(2-4-11)12(15)10-5-7-14-8-6-10;1-2/h1-4,10,14H,5-8H2;1-2H3. The third kappa shape index (κ3) is 3.93. The SMILES string of the molecule is CC.O=C(c1ccc(F)cc1)C1CCNCC1. The first-order valence-corrected chi connectivity index (χ1v) is 6.28. The van der Waals surface area contributed by atoms with E-state index in [0.29, 0.717) is 5.56 Å². The summed E-state index contributed by atoms with van der Waals surface area (Å²) in [6, 6.07) is 5.82. The highest BCUT2D eigenvalue weighted by Gasteiger charge is 2.21. The van der Waals surface area contributed by atoms with Crippen LogP contribution in [0.1, 0.15) is 37.0 Å². The van der Waals surface area contributed by atoms with Crippen molar-refractivity contribution in [3.63, 3.8) is 0 Å². The van der Waals surface area contributed by atoms with Gasteiger partial charge in [0.25, 0.3) is 0 Å². The Morgan fingerprint density at radius 2 is 1.71 bits per heavy atom. The van der Waals surface area contributed by atoms with Crippen LogP contribution in [0.4, 0.5) is 4.39 Å². The van der Waals surface area contributed by atoms with Crippen molar-refractivity contribution >= 4 is 5.78 Å². The number of ketones is 1. The topological polar surface area (TPSA) is 29.1 Å². The Labute approximate surface area is 102 Å². The quantitative estimate of drug-likeness (QED) is 0.801. The van der Waals surface area contributed by atoms with Gasteiger partial charge in [0, 0.05) is 11.5 Å². The van der Waals surface area contributed by atoms with Gasteiger partial charge in [0.1, 0.15) is 5.82 Å². The number of nitrogens with one attached hydrogen (secondary N) is 1. The van der Waals surface area contributed by atoms with E-state index in [9.17, 15) is 9.18 Å². The molecular formula is C14H20FNO. The Morgan fingerprint density at radius 3 is 2.24 bits per heavy atom. The number of Topliss-reactive ketones (excluding diaryl/α,β-unsaturated/α-hetero) is 1. The number of rotatable bonds is 2. The molecule has 0 bridgehead atoms. The number of carbonyl (C=O) groups excluding carboxylic acids is 1. The molecule has 0 radical (unpaired) electrons. The lowest BCUT2D eigenvalue weighted by Gasteiger charge is -2.21. The molecule has 94 valence electrons. The molecule has 1 N–H and O–H groups in total. The van der Waals surface area contributed by atoms with Gasteiger partial charge in [-0.1, -0.05) is 13.8 Å². The second-order valence-electron chi connectivity index (χ2n) is 3.90. The molecule has 2 nitrogen and oxygen atoms in total. The zero-order valence-electron chi connectivity index (χ0n) is 10.5. The van der Waals surface area contributed by atoms with Crippen LogP contribution in [-0.4, -0.2) is 18.9 Å². The number of benzene rings is 1. The van der Waals surface area contributed by atoms with E-state index in [1.165, 1.54) is 12.1 Å². The fourth-order valence-electron chi connectivity index (χ4n) is 1.93. The van der Waals surface area contributed by atoms with Crippen LogP contribution in [-0.2, 0) is 0 Å². The highest BCUT2D eigenvalue weighted by molar-refractivity contribution is 5.97. The van der Waals surface area contributed by atoms with Gasteiger partial charge in [0.15, 0.2) is 5.78 Å². The van der Waals surface area contributed by atoms with Crippen LogP contribution in [0.15, 0.2) is 24.3 Å². The van der Waals surface area contributed by atoms with Crippen LogP contribution in [0.3, 0.4) is 0 Å². The van der Waals surface area contributed by atoms with E-state index in [0.717, 1.165) is 25.9 Å². The van der Waals surface area contributed by atoms with Crippen LogP contribution < -0.4 is 5.32 Å². The van der Waals surface area contributed by atoms with Crippen LogP contribution >= 0.6 is 0 Å². The molecule has 0 aliphatic carbocycles. The van der Waals surface area contributed by atoms with E-state index in [2.05, 4.69) is 5.32 Å². The van der Waals surface area contributed by atoms with Crippen molar-refractivity contribution in [2.75, 3.05) is 13.1 Å². The van der Waals surface area contributed by atoms with Gasteiger partial charge in [-0.25, -0.2) is 4.39 Å². The normalized spacial score (nSPS) is 15.9. The molecule has 3 heteroatoms. The minimum Gasteiger partial charge on any atom is -0.317 e. The molecule has 0 atom stereocenters. The molecule has 0 amide bonds. The monoisotopic (exact) mass is 237 g/mol. The Balaban J connectivity index is 0.000000686. The van der Waals surface area contributed by atoms with E-state index in [4.69, 9.17) is 0 Å². The van der Waals surface area contributed by atoms with Gasteiger partial charge >= 0.3 is 0 Å². The van der Waals surface area contributed by atoms with Crippen molar-refractivity contribution in [2.45, 2.75) is 26.7 Å². The van der Waals surface area contributed by atoms with Gasteiger partial charge in [-0.2, -0.15) is 0 Å². The van der Waals surface area contributed by atoms with Crippen molar-refractivity contribution in [3.05, 3.63) is 35.6 Å². The Hall–Kier alpha value is -1.22. The molecule has 1 saturated heterocycles. The highest BCUT2D eigenvalue weighted by Crippen LogP contribution is 2.18. The molecule has 1 aliphatic heterocycles. The molecule has 0 aromatic heterocycles. The lowest BCUT2D eigenvalue weighted by atomic mass is 9.90. The molecule has 0 saturated carbocycles. The maximum absolute atomic E-state index is 12.7. The van der Waals surface area contributed by atoms with Crippen LogP contribution in [0, 0.1) is 11.7 Å². The van der Waals surface area contributed by atoms with Gasteiger partial charge in [-0.05, 0) is 50.2 Å². The first-order valence-electron chi connectivity index (χ1n) is 6.28. The van der Waals surface area contributed by atoms with Crippen LogP contribution in [0.2, 0.25) is 0 Å². The number of carbonyl (C=O) groups is 1. The minimum atomic E-state index is -0.295. The summed E-state index contributed by atoms with van der Waals surface area (Å²) >= 11 is 0. The van der Waals surface area contributed by atoms with Crippen LogP contribution in [0.25, 0.3) is 0 Å². The number of halogens is 1. The maximum Gasteiger partial charge on any atom is 0.166 e. The van der Waals surface area contributed by atoms with E-state index in [1.807, 2.05) is 13.8 Å². The summed E-state index contributed by atoms with van der Waals surface area (Å²) in [4.78, 5) is 12.0. The third-order valence-electron chi connectivity index (χ3n) is 2.84.